The molecule has 0 radical (unpaired) electrons. The third-order valence-electron chi connectivity index (χ3n) is 4.46. The van der Waals surface area contributed by atoms with Crippen LogP contribution in [0.2, 0.25) is 0 Å². The van der Waals surface area contributed by atoms with Crippen LogP contribution in [0.15, 0.2) is 48.5 Å². The van der Waals surface area contributed by atoms with E-state index in [-0.39, 0.29) is 18.7 Å². The number of hydrogen-bond acceptors (Lipinski definition) is 2. The summed E-state index contributed by atoms with van der Waals surface area (Å²) in [4.78, 5) is 0. The lowest BCUT2D eigenvalue weighted by atomic mass is 10.00. The van der Waals surface area contributed by atoms with Crippen LogP contribution in [0.3, 0.4) is 0 Å². The van der Waals surface area contributed by atoms with E-state index >= 15 is 0 Å². The Labute approximate surface area is 126 Å². The molecule has 1 aliphatic rings. The summed E-state index contributed by atoms with van der Waals surface area (Å²) in [6.45, 7) is 2.28. The molecule has 2 aromatic rings. The predicted octanol–water partition coefficient (Wildman–Crippen LogP) is 3.56. The number of benzene rings is 2. The molecule has 3 rings (SSSR count). The Hall–Kier alpha value is -1.64. The van der Waals surface area contributed by atoms with Crippen LogP contribution in [0.4, 0.5) is 0 Å². The zero-order chi connectivity index (χ0) is 14.7. The number of aliphatic hydroxyl groups is 1. The zero-order valence-electron chi connectivity index (χ0n) is 12.5. The second kappa shape index (κ2) is 6.42. The fourth-order valence-electron chi connectivity index (χ4n) is 3.20. The summed E-state index contributed by atoms with van der Waals surface area (Å²) in [6, 6.07) is 17.2. The van der Waals surface area contributed by atoms with E-state index in [0.29, 0.717) is 0 Å². The van der Waals surface area contributed by atoms with Gasteiger partial charge in [0, 0.05) is 6.04 Å². The maximum atomic E-state index is 9.67. The Bertz CT molecular complexity index is 594. The number of rotatable bonds is 5. The van der Waals surface area contributed by atoms with E-state index in [1.807, 2.05) is 18.2 Å². The van der Waals surface area contributed by atoms with Crippen molar-refractivity contribution in [2.24, 2.45) is 0 Å². The van der Waals surface area contributed by atoms with Crippen molar-refractivity contribution in [2.75, 3.05) is 6.61 Å². The van der Waals surface area contributed by atoms with E-state index in [2.05, 4.69) is 42.6 Å². The van der Waals surface area contributed by atoms with Crippen molar-refractivity contribution in [2.45, 2.75) is 38.3 Å². The molecule has 0 fully saturated rings. The fourth-order valence-corrected chi connectivity index (χ4v) is 3.20. The van der Waals surface area contributed by atoms with Gasteiger partial charge in [-0.2, -0.15) is 0 Å². The van der Waals surface area contributed by atoms with Crippen LogP contribution in [0.25, 0.3) is 0 Å². The van der Waals surface area contributed by atoms with Crippen LogP contribution < -0.4 is 5.32 Å². The summed E-state index contributed by atoms with van der Waals surface area (Å²) in [5, 5.41) is 13.2. The Balaban J connectivity index is 1.74. The molecule has 0 aliphatic heterocycles. The maximum Gasteiger partial charge on any atom is 0.0626 e. The summed E-state index contributed by atoms with van der Waals surface area (Å²) >= 11 is 0. The van der Waals surface area contributed by atoms with Gasteiger partial charge in [0.15, 0.2) is 0 Å². The van der Waals surface area contributed by atoms with Crippen LogP contribution in [0.1, 0.15) is 47.7 Å². The van der Waals surface area contributed by atoms with E-state index < -0.39 is 0 Å². The molecule has 2 heteroatoms. The molecule has 110 valence electrons. The van der Waals surface area contributed by atoms with E-state index in [4.69, 9.17) is 0 Å². The molecule has 2 atom stereocenters. The molecule has 0 amide bonds. The zero-order valence-corrected chi connectivity index (χ0v) is 12.5. The minimum absolute atomic E-state index is 0.0190. The van der Waals surface area contributed by atoms with Gasteiger partial charge in [-0.3, -0.25) is 0 Å². The predicted molar refractivity (Wildman–Crippen MR) is 86.3 cm³/mol. The van der Waals surface area contributed by atoms with Crippen molar-refractivity contribution in [3.8, 4) is 0 Å². The molecule has 2 unspecified atom stereocenters. The van der Waals surface area contributed by atoms with Crippen molar-refractivity contribution in [3.63, 3.8) is 0 Å². The minimum atomic E-state index is -0.0190. The summed E-state index contributed by atoms with van der Waals surface area (Å²) in [5.74, 6) is 0. The monoisotopic (exact) mass is 281 g/mol. The van der Waals surface area contributed by atoms with Crippen molar-refractivity contribution >= 4 is 0 Å². The first-order valence-corrected chi connectivity index (χ1v) is 7.81. The highest BCUT2D eigenvalue weighted by atomic mass is 16.3. The first-order valence-electron chi connectivity index (χ1n) is 7.81. The van der Waals surface area contributed by atoms with E-state index in [0.717, 1.165) is 5.56 Å². The van der Waals surface area contributed by atoms with Crippen molar-refractivity contribution in [1.29, 1.82) is 0 Å². The Morgan fingerprint density at radius 2 is 1.76 bits per heavy atom. The molecular formula is C19H23NO. The fraction of sp³-hybridized carbons (Fsp3) is 0.368. The Morgan fingerprint density at radius 1 is 1.00 bits per heavy atom. The molecule has 1 aliphatic carbocycles. The van der Waals surface area contributed by atoms with Gasteiger partial charge in [-0.1, -0.05) is 48.5 Å². The van der Waals surface area contributed by atoms with Crippen molar-refractivity contribution in [1.82, 2.24) is 5.32 Å². The average Bonchev–Trinajstić information content (AvgIpc) is 3.00. The molecular weight excluding hydrogens is 258 g/mol. The van der Waals surface area contributed by atoms with Gasteiger partial charge in [0.25, 0.3) is 0 Å². The quantitative estimate of drug-likeness (QED) is 0.878. The van der Waals surface area contributed by atoms with Gasteiger partial charge in [0.2, 0.25) is 0 Å². The number of fused-ring (bicyclic) bond motifs is 1. The summed E-state index contributed by atoms with van der Waals surface area (Å²) in [6.07, 6.45) is 3.71. The number of aryl methyl sites for hydroxylation is 2. The SMILES string of the molecule is CC(NC(CO)c1ccccc1)c1ccc2c(c1)CCC2. The lowest BCUT2D eigenvalue weighted by Crippen LogP contribution is -2.27. The number of hydrogen-bond donors (Lipinski definition) is 2. The number of nitrogens with one attached hydrogen (secondary N) is 1. The smallest absolute Gasteiger partial charge is 0.0626 e. The number of aliphatic hydroxyl groups excluding tert-OH is 1. The Morgan fingerprint density at radius 3 is 2.52 bits per heavy atom. The topological polar surface area (TPSA) is 32.3 Å². The van der Waals surface area contributed by atoms with Crippen LogP contribution in [-0.2, 0) is 12.8 Å². The van der Waals surface area contributed by atoms with E-state index in [9.17, 15) is 5.11 Å². The van der Waals surface area contributed by atoms with Crippen LogP contribution in [0.5, 0.6) is 0 Å². The minimum Gasteiger partial charge on any atom is -0.394 e. The molecule has 0 aromatic heterocycles. The van der Waals surface area contributed by atoms with Crippen LogP contribution in [-0.4, -0.2) is 11.7 Å². The summed E-state index contributed by atoms with van der Waals surface area (Å²) in [7, 11) is 0. The van der Waals surface area contributed by atoms with Gasteiger partial charge in [-0.25, -0.2) is 0 Å². The molecule has 0 saturated heterocycles. The van der Waals surface area contributed by atoms with Crippen LogP contribution in [0, 0.1) is 0 Å². The average molecular weight is 281 g/mol. The first kappa shape index (κ1) is 14.3. The molecule has 21 heavy (non-hydrogen) atoms. The van der Waals surface area contributed by atoms with Gasteiger partial charge in [-0.05, 0) is 48.4 Å². The highest BCUT2D eigenvalue weighted by molar-refractivity contribution is 5.36. The Kier molecular flexibility index (Phi) is 4.37. The highest BCUT2D eigenvalue weighted by Crippen LogP contribution is 2.26. The first-order chi connectivity index (χ1) is 10.3. The second-order valence-electron chi connectivity index (χ2n) is 5.92. The van der Waals surface area contributed by atoms with Gasteiger partial charge in [0.1, 0.15) is 0 Å². The third-order valence-corrected chi connectivity index (χ3v) is 4.46. The van der Waals surface area contributed by atoms with Gasteiger partial charge >= 0.3 is 0 Å². The molecule has 0 heterocycles. The normalized spacial score (nSPS) is 16.5. The largest absolute Gasteiger partial charge is 0.394 e. The maximum absolute atomic E-state index is 9.67. The van der Waals surface area contributed by atoms with Gasteiger partial charge in [0.05, 0.1) is 12.6 Å². The lowest BCUT2D eigenvalue weighted by molar-refractivity contribution is 0.235. The van der Waals surface area contributed by atoms with Crippen molar-refractivity contribution < 1.29 is 5.11 Å². The summed E-state index contributed by atoms with van der Waals surface area (Å²) in [5.41, 5.74) is 5.45. The van der Waals surface area contributed by atoms with Gasteiger partial charge in [-0.15, -0.1) is 0 Å². The molecule has 2 aromatic carbocycles. The van der Waals surface area contributed by atoms with E-state index in [1.165, 1.54) is 36.0 Å². The molecule has 0 spiro atoms. The lowest BCUT2D eigenvalue weighted by Gasteiger charge is -2.23. The molecule has 2 N–H and O–H groups in total. The summed E-state index contributed by atoms with van der Waals surface area (Å²) < 4.78 is 0. The van der Waals surface area contributed by atoms with Crippen molar-refractivity contribution in [3.05, 3.63) is 70.8 Å². The third kappa shape index (κ3) is 3.17. The second-order valence-corrected chi connectivity index (χ2v) is 5.92. The van der Waals surface area contributed by atoms with Crippen LogP contribution >= 0.6 is 0 Å². The van der Waals surface area contributed by atoms with Gasteiger partial charge < -0.3 is 10.4 Å². The molecule has 0 saturated carbocycles. The molecule has 2 nitrogen and oxygen atoms in total. The van der Waals surface area contributed by atoms with E-state index in [1.54, 1.807) is 0 Å². The highest BCUT2D eigenvalue weighted by Gasteiger charge is 2.17. The molecule has 0 bridgehead atoms. The standard InChI is InChI=1S/C19H23NO/c1-14(17-11-10-15-8-5-9-18(15)12-17)20-19(13-21)16-6-3-2-4-7-16/h2-4,6-7,10-12,14,19-21H,5,8-9,13H2,1H3.